The number of nitrogens with zero attached hydrogens (tertiary/aromatic N) is 1. The molecule has 0 aliphatic carbocycles. The molecular weight excluding hydrogens is 212 g/mol. The molecule has 1 aliphatic rings. The van der Waals surface area contributed by atoms with Crippen LogP contribution in [0.4, 0.5) is 5.82 Å². The number of rotatable bonds is 2. The van der Waals surface area contributed by atoms with Crippen molar-refractivity contribution >= 4 is 16.6 Å². The van der Waals surface area contributed by atoms with Gasteiger partial charge >= 0.3 is 0 Å². The second kappa shape index (κ2) is 4.34. The maximum absolute atomic E-state index is 5.56. The lowest BCUT2D eigenvalue weighted by atomic mass is 10.1. The Balaban J connectivity index is 1.94. The number of ether oxygens (including phenoxy) is 1. The zero-order chi connectivity index (χ0) is 11.7. The van der Waals surface area contributed by atoms with Gasteiger partial charge in [0.2, 0.25) is 0 Å². The number of fused-ring (bicyclic) bond motifs is 1. The van der Waals surface area contributed by atoms with E-state index >= 15 is 0 Å². The Bertz CT molecular complexity index is 521. The minimum Gasteiger partial charge on any atom is -0.376 e. The van der Waals surface area contributed by atoms with Crippen molar-refractivity contribution in [2.75, 3.05) is 11.9 Å². The summed E-state index contributed by atoms with van der Waals surface area (Å²) >= 11 is 0. The van der Waals surface area contributed by atoms with Gasteiger partial charge in [-0.1, -0.05) is 24.3 Å². The molecule has 2 atom stereocenters. The second-order valence-electron chi connectivity index (χ2n) is 4.50. The average molecular weight is 228 g/mol. The lowest BCUT2D eigenvalue weighted by Gasteiger charge is -2.17. The van der Waals surface area contributed by atoms with Crippen molar-refractivity contribution in [1.29, 1.82) is 0 Å². The molecule has 88 valence electrons. The van der Waals surface area contributed by atoms with Gasteiger partial charge in [0.1, 0.15) is 5.82 Å². The molecule has 1 aliphatic heterocycles. The third kappa shape index (κ3) is 1.98. The molecule has 1 N–H and O–H groups in total. The highest BCUT2D eigenvalue weighted by atomic mass is 16.5. The molecule has 2 heterocycles. The number of nitrogens with one attached hydrogen (secondary N) is 1. The Hall–Kier alpha value is -1.61. The molecule has 2 aromatic rings. The van der Waals surface area contributed by atoms with E-state index in [0.717, 1.165) is 18.8 Å². The van der Waals surface area contributed by atoms with E-state index in [4.69, 9.17) is 4.74 Å². The van der Waals surface area contributed by atoms with Crippen LogP contribution in [0, 0.1) is 0 Å². The SMILES string of the molecule is CC1OCCC1Nc1nccc2ccccc12. The highest BCUT2D eigenvalue weighted by molar-refractivity contribution is 5.91. The first-order chi connectivity index (χ1) is 8.34. The lowest BCUT2D eigenvalue weighted by Crippen LogP contribution is -2.27. The lowest BCUT2D eigenvalue weighted by molar-refractivity contribution is 0.121. The van der Waals surface area contributed by atoms with Gasteiger partial charge in [0, 0.05) is 18.2 Å². The molecule has 3 heteroatoms. The summed E-state index contributed by atoms with van der Waals surface area (Å²) in [6.07, 6.45) is 3.16. The first-order valence-electron chi connectivity index (χ1n) is 6.06. The van der Waals surface area contributed by atoms with Gasteiger partial charge in [0.05, 0.1) is 12.1 Å². The summed E-state index contributed by atoms with van der Waals surface area (Å²) in [5.74, 6) is 0.963. The van der Waals surface area contributed by atoms with E-state index in [2.05, 4.69) is 29.4 Å². The van der Waals surface area contributed by atoms with Gasteiger partial charge in [-0.2, -0.15) is 0 Å². The highest BCUT2D eigenvalue weighted by Crippen LogP contribution is 2.24. The Morgan fingerprint density at radius 3 is 3.00 bits per heavy atom. The summed E-state index contributed by atoms with van der Waals surface area (Å²) in [4.78, 5) is 4.44. The van der Waals surface area contributed by atoms with E-state index in [9.17, 15) is 0 Å². The maximum Gasteiger partial charge on any atom is 0.134 e. The molecule has 2 unspecified atom stereocenters. The summed E-state index contributed by atoms with van der Waals surface area (Å²) in [6.45, 7) is 2.94. The third-order valence-electron chi connectivity index (χ3n) is 3.37. The predicted molar refractivity (Wildman–Crippen MR) is 69.2 cm³/mol. The van der Waals surface area contributed by atoms with Crippen LogP contribution in [0.5, 0.6) is 0 Å². The van der Waals surface area contributed by atoms with Crippen molar-refractivity contribution in [2.45, 2.75) is 25.5 Å². The Kier molecular flexibility index (Phi) is 2.69. The summed E-state index contributed by atoms with van der Waals surface area (Å²) in [6, 6.07) is 10.7. The van der Waals surface area contributed by atoms with E-state index in [0.29, 0.717) is 6.04 Å². The first-order valence-corrected chi connectivity index (χ1v) is 6.06. The summed E-state index contributed by atoms with van der Waals surface area (Å²) < 4.78 is 5.56. The molecule has 0 spiro atoms. The van der Waals surface area contributed by atoms with Crippen LogP contribution in [0.25, 0.3) is 10.8 Å². The molecule has 0 bridgehead atoms. The van der Waals surface area contributed by atoms with Crippen molar-refractivity contribution in [2.24, 2.45) is 0 Å². The van der Waals surface area contributed by atoms with Crippen molar-refractivity contribution in [3.8, 4) is 0 Å². The molecule has 0 saturated carbocycles. The quantitative estimate of drug-likeness (QED) is 0.858. The van der Waals surface area contributed by atoms with E-state index in [1.807, 2.05) is 24.4 Å². The molecule has 1 saturated heterocycles. The maximum atomic E-state index is 5.56. The number of aromatic nitrogens is 1. The van der Waals surface area contributed by atoms with Crippen LogP contribution in [0.3, 0.4) is 0 Å². The van der Waals surface area contributed by atoms with Gasteiger partial charge in [-0.3, -0.25) is 0 Å². The minimum absolute atomic E-state index is 0.260. The Morgan fingerprint density at radius 1 is 1.29 bits per heavy atom. The van der Waals surface area contributed by atoms with Gasteiger partial charge in [-0.25, -0.2) is 4.98 Å². The summed E-state index contributed by atoms with van der Waals surface area (Å²) in [5.41, 5.74) is 0. The van der Waals surface area contributed by atoms with Crippen molar-refractivity contribution in [1.82, 2.24) is 4.98 Å². The van der Waals surface area contributed by atoms with Crippen LogP contribution in [0.2, 0.25) is 0 Å². The highest BCUT2D eigenvalue weighted by Gasteiger charge is 2.24. The van der Waals surface area contributed by atoms with Crippen LogP contribution >= 0.6 is 0 Å². The normalized spacial score (nSPS) is 24.1. The second-order valence-corrected chi connectivity index (χ2v) is 4.50. The van der Waals surface area contributed by atoms with E-state index in [-0.39, 0.29) is 6.10 Å². The van der Waals surface area contributed by atoms with Crippen molar-refractivity contribution < 1.29 is 4.74 Å². The number of pyridine rings is 1. The summed E-state index contributed by atoms with van der Waals surface area (Å²) in [7, 11) is 0. The molecule has 0 amide bonds. The van der Waals surface area contributed by atoms with Crippen molar-refractivity contribution in [3.05, 3.63) is 36.5 Å². The fourth-order valence-electron chi connectivity index (χ4n) is 2.33. The smallest absolute Gasteiger partial charge is 0.134 e. The van der Waals surface area contributed by atoms with Crippen LogP contribution in [-0.2, 0) is 4.74 Å². The van der Waals surface area contributed by atoms with E-state index in [1.54, 1.807) is 0 Å². The molecule has 1 fully saturated rings. The van der Waals surface area contributed by atoms with Gasteiger partial charge < -0.3 is 10.1 Å². The first kappa shape index (κ1) is 10.5. The van der Waals surface area contributed by atoms with Crippen molar-refractivity contribution in [3.63, 3.8) is 0 Å². The standard InChI is InChI=1S/C14H16N2O/c1-10-13(7-9-17-10)16-14-12-5-3-2-4-11(12)6-8-15-14/h2-6,8,10,13H,7,9H2,1H3,(H,15,16). The molecule has 3 nitrogen and oxygen atoms in total. The predicted octanol–water partition coefficient (Wildman–Crippen LogP) is 2.82. The zero-order valence-electron chi connectivity index (χ0n) is 9.89. The topological polar surface area (TPSA) is 34.1 Å². The molecule has 1 aromatic heterocycles. The Morgan fingerprint density at radius 2 is 2.18 bits per heavy atom. The van der Waals surface area contributed by atoms with Crippen LogP contribution < -0.4 is 5.32 Å². The third-order valence-corrected chi connectivity index (χ3v) is 3.37. The fraction of sp³-hybridized carbons (Fsp3) is 0.357. The molecule has 1 aromatic carbocycles. The molecule has 0 radical (unpaired) electrons. The van der Waals surface area contributed by atoms with Gasteiger partial charge in [0.15, 0.2) is 0 Å². The van der Waals surface area contributed by atoms with Crippen LogP contribution in [-0.4, -0.2) is 23.7 Å². The fourth-order valence-corrected chi connectivity index (χ4v) is 2.33. The van der Waals surface area contributed by atoms with E-state index < -0.39 is 0 Å². The van der Waals surface area contributed by atoms with Crippen LogP contribution in [0.15, 0.2) is 36.5 Å². The van der Waals surface area contributed by atoms with Gasteiger partial charge in [0.25, 0.3) is 0 Å². The number of hydrogen-bond acceptors (Lipinski definition) is 3. The van der Waals surface area contributed by atoms with E-state index in [1.165, 1.54) is 10.8 Å². The monoisotopic (exact) mass is 228 g/mol. The largest absolute Gasteiger partial charge is 0.376 e. The van der Waals surface area contributed by atoms with Crippen LogP contribution in [0.1, 0.15) is 13.3 Å². The number of benzene rings is 1. The molecule has 17 heavy (non-hydrogen) atoms. The average Bonchev–Trinajstić information content (AvgIpc) is 2.76. The minimum atomic E-state index is 0.260. The molecule has 3 rings (SSSR count). The van der Waals surface area contributed by atoms with Gasteiger partial charge in [-0.15, -0.1) is 0 Å². The summed E-state index contributed by atoms with van der Waals surface area (Å²) in [5, 5.41) is 5.89. The Labute approximate surface area is 101 Å². The molecular formula is C14H16N2O. The number of hydrogen-bond donors (Lipinski definition) is 1. The zero-order valence-corrected chi connectivity index (χ0v) is 9.89. The van der Waals surface area contributed by atoms with Gasteiger partial charge in [-0.05, 0) is 24.8 Å². The number of anilines is 1.